The summed E-state index contributed by atoms with van der Waals surface area (Å²) in [4.78, 5) is 26.9. The van der Waals surface area contributed by atoms with E-state index in [4.69, 9.17) is 16.3 Å². The van der Waals surface area contributed by atoms with Gasteiger partial charge in [0.15, 0.2) is 11.6 Å². The third kappa shape index (κ3) is 4.19. The zero-order chi connectivity index (χ0) is 22.7. The van der Waals surface area contributed by atoms with E-state index in [1.54, 1.807) is 6.07 Å². The summed E-state index contributed by atoms with van der Waals surface area (Å²) in [5.74, 6) is 0.443. The molecular weight excluding hydrogens is 410 g/mol. The highest BCUT2D eigenvalue weighted by Crippen LogP contribution is 2.52. The van der Waals surface area contributed by atoms with Crippen LogP contribution in [0.25, 0.3) is 0 Å². The van der Waals surface area contributed by atoms with Crippen LogP contribution < -0.4 is 10.1 Å². The Morgan fingerprint density at radius 1 is 0.935 bits per heavy atom. The second-order valence-corrected chi connectivity index (χ2v) is 11.5. The molecule has 0 fully saturated rings. The SMILES string of the molecule is CC(C)Oc1ccc(Cl)cc1C1C2=C(CC(C)(C)CC2=O)NC2=C1C(=O)CC(C)(C)C2. The first kappa shape index (κ1) is 22.1. The molecule has 166 valence electrons. The van der Waals surface area contributed by atoms with Gasteiger partial charge in [0, 0.05) is 51.9 Å². The molecule has 5 heteroatoms. The minimum Gasteiger partial charge on any atom is -0.491 e. The van der Waals surface area contributed by atoms with Gasteiger partial charge in [-0.15, -0.1) is 0 Å². The number of carbonyl (C=O) groups excluding carboxylic acids is 2. The zero-order valence-corrected chi connectivity index (χ0v) is 20.1. The maximum Gasteiger partial charge on any atom is 0.162 e. The number of halogens is 1. The Labute approximate surface area is 190 Å². The molecule has 1 N–H and O–H groups in total. The fourth-order valence-corrected chi connectivity index (χ4v) is 5.49. The number of Topliss-reactive ketones (excluding diaryl/α,β-unsaturated/α-hetero) is 2. The van der Waals surface area contributed by atoms with Crippen molar-refractivity contribution in [1.29, 1.82) is 0 Å². The Balaban J connectivity index is 1.96. The van der Waals surface area contributed by atoms with Crippen LogP contribution in [0.5, 0.6) is 5.75 Å². The summed E-state index contributed by atoms with van der Waals surface area (Å²) in [5, 5.41) is 4.12. The summed E-state index contributed by atoms with van der Waals surface area (Å²) in [6, 6.07) is 5.52. The lowest BCUT2D eigenvalue weighted by Gasteiger charge is -2.44. The van der Waals surface area contributed by atoms with Gasteiger partial charge in [-0.25, -0.2) is 0 Å². The summed E-state index contributed by atoms with van der Waals surface area (Å²) >= 11 is 6.41. The third-order valence-electron chi connectivity index (χ3n) is 6.36. The molecule has 3 aliphatic rings. The maximum absolute atomic E-state index is 13.4. The molecule has 0 aromatic heterocycles. The van der Waals surface area contributed by atoms with Gasteiger partial charge >= 0.3 is 0 Å². The van der Waals surface area contributed by atoms with Crippen LogP contribution in [0.15, 0.2) is 40.7 Å². The summed E-state index contributed by atoms with van der Waals surface area (Å²) in [6.07, 6.45) is 2.44. The molecule has 0 spiro atoms. The number of allylic oxidation sites excluding steroid dienone is 4. The van der Waals surface area contributed by atoms with Crippen molar-refractivity contribution in [2.24, 2.45) is 10.8 Å². The van der Waals surface area contributed by atoms with Gasteiger partial charge in [0.05, 0.1) is 6.10 Å². The fraction of sp³-hybridized carbons (Fsp3) is 0.538. The highest BCUT2D eigenvalue weighted by molar-refractivity contribution is 6.30. The lowest BCUT2D eigenvalue weighted by Crippen LogP contribution is -2.42. The van der Waals surface area contributed by atoms with E-state index < -0.39 is 5.92 Å². The smallest absolute Gasteiger partial charge is 0.162 e. The Morgan fingerprint density at radius 2 is 1.45 bits per heavy atom. The van der Waals surface area contributed by atoms with Gasteiger partial charge in [0.2, 0.25) is 0 Å². The van der Waals surface area contributed by atoms with Crippen LogP contribution in [0.1, 0.15) is 78.7 Å². The molecule has 4 nitrogen and oxygen atoms in total. The number of ketones is 2. The summed E-state index contributed by atoms with van der Waals surface area (Å²) in [6.45, 7) is 12.4. The first-order valence-corrected chi connectivity index (χ1v) is 11.5. The van der Waals surface area contributed by atoms with E-state index in [9.17, 15) is 9.59 Å². The second-order valence-electron chi connectivity index (χ2n) is 11.1. The van der Waals surface area contributed by atoms with Crippen LogP contribution >= 0.6 is 11.6 Å². The first-order chi connectivity index (χ1) is 14.4. The monoisotopic (exact) mass is 441 g/mol. The van der Waals surface area contributed by atoms with E-state index in [0.29, 0.717) is 34.8 Å². The topological polar surface area (TPSA) is 55.4 Å². The lowest BCUT2D eigenvalue weighted by molar-refractivity contribution is -0.119. The molecule has 0 unspecified atom stereocenters. The van der Waals surface area contributed by atoms with E-state index in [2.05, 4.69) is 33.0 Å². The minimum absolute atomic E-state index is 0.0366. The van der Waals surface area contributed by atoms with Crippen molar-refractivity contribution in [3.05, 3.63) is 51.3 Å². The summed E-state index contributed by atoms with van der Waals surface area (Å²) in [7, 11) is 0. The van der Waals surface area contributed by atoms with E-state index in [-0.39, 0.29) is 28.5 Å². The molecule has 0 atom stereocenters. The summed E-state index contributed by atoms with van der Waals surface area (Å²) in [5.41, 5.74) is 3.89. The molecular formula is C26H32ClNO3. The number of rotatable bonds is 3. The van der Waals surface area contributed by atoms with E-state index in [0.717, 1.165) is 29.8 Å². The summed E-state index contributed by atoms with van der Waals surface area (Å²) < 4.78 is 6.12. The van der Waals surface area contributed by atoms with Crippen molar-refractivity contribution in [2.75, 3.05) is 0 Å². The Hall–Kier alpha value is -2.07. The quantitative estimate of drug-likeness (QED) is 0.615. The predicted octanol–water partition coefficient (Wildman–Crippen LogP) is 6.10. The normalized spacial score (nSPS) is 23.0. The standard InChI is InChI=1S/C26H32ClNO3/c1-14(2)31-21-8-7-15(27)9-16(21)22-23-17(10-25(3,4)12-19(23)29)28-18-11-26(5,6)13-20(30)24(18)22/h7-9,14,22,28H,10-13H2,1-6H3. The molecule has 0 bridgehead atoms. The highest BCUT2D eigenvalue weighted by atomic mass is 35.5. The highest BCUT2D eigenvalue weighted by Gasteiger charge is 2.47. The Bertz CT molecular complexity index is 977. The molecule has 1 heterocycles. The fourth-order valence-electron chi connectivity index (χ4n) is 5.31. The minimum atomic E-state index is -0.439. The molecule has 1 aliphatic heterocycles. The van der Waals surface area contributed by atoms with Gasteiger partial charge in [-0.05, 0) is 55.7 Å². The van der Waals surface area contributed by atoms with Crippen LogP contribution in [0.2, 0.25) is 5.02 Å². The molecule has 1 aromatic carbocycles. The number of ether oxygens (including phenoxy) is 1. The molecule has 1 aromatic rings. The molecule has 2 aliphatic carbocycles. The van der Waals surface area contributed by atoms with Crippen LogP contribution in [-0.2, 0) is 9.59 Å². The maximum atomic E-state index is 13.4. The van der Waals surface area contributed by atoms with Gasteiger partial charge in [-0.1, -0.05) is 39.3 Å². The molecule has 0 saturated heterocycles. The number of hydrogen-bond donors (Lipinski definition) is 1. The van der Waals surface area contributed by atoms with Crippen molar-refractivity contribution in [2.45, 2.75) is 79.2 Å². The van der Waals surface area contributed by atoms with Gasteiger partial charge in [-0.3, -0.25) is 9.59 Å². The largest absolute Gasteiger partial charge is 0.491 e. The van der Waals surface area contributed by atoms with Crippen molar-refractivity contribution in [1.82, 2.24) is 5.32 Å². The van der Waals surface area contributed by atoms with Crippen molar-refractivity contribution >= 4 is 23.2 Å². The van der Waals surface area contributed by atoms with Crippen LogP contribution in [0.3, 0.4) is 0 Å². The molecule has 31 heavy (non-hydrogen) atoms. The number of dihydropyridines is 1. The zero-order valence-electron chi connectivity index (χ0n) is 19.3. The van der Waals surface area contributed by atoms with E-state index >= 15 is 0 Å². The van der Waals surface area contributed by atoms with Gasteiger partial charge in [0.25, 0.3) is 0 Å². The van der Waals surface area contributed by atoms with Gasteiger partial charge < -0.3 is 10.1 Å². The van der Waals surface area contributed by atoms with Gasteiger partial charge in [0.1, 0.15) is 5.75 Å². The third-order valence-corrected chi connectivity index (χ3v) is 6.60. The Kier molecular flexibility index (Phi) is 5.36. The number of nitrogens with one attached hydrogen (secondary N) is 1. The van der Waals surface area contributed by atoms with E-state index in [1.807, 2.05) is 26.0 Å². The number of hydrogen-bond acceptors (Lipinski definition) is 4. The lowest BCUT2D eigenvalue weighted by atomic mass is 9.64. The predicted molar refractivity (Wildman–Crippen MR) is 123 cm³/mol. The molecule has 0 amide bonds. The van der Waals surface area contributed by atoms with Crippen molar-refractivity contribution in [3.8, 4) is 5.75 Å². The second kappa shape index (κ2) is 7.51. The average Bonchev–Trinajstić information content (AvgIpc) is 2.59. The van der Waals surface area contributed by atoms with Crippen molar-refractivity contribution < 1.29 is 14.3 Å². The molecule has 4 rings (SSSR count). The Morgan fingerprint density at radius 3 is 1.94 bits per heavy atom. The molecule has 0 radical (unpaired) electrons. The van der Waals surface area contributed by atoms with Crippen LogP contribution in [0.4, 0.5) is 0 Å². The van der Waals surface area contributed by atoms with Crippen molar-refractivity contribution in [3.63, 3.8) is 0 Å². The van der Waals surface area contributed by atoms with Gasteiger partial charge in [-0.2, -0.15) is 0 Å². The average molecular weight is 442 g/mol. The molecule has 0 saturated carbocycles. The van der Waals surface area contributed by atoms with Crippen LogP contribution in [0, 0.1) is 10.8 Å². The van der Waals surface area contributed by atoms with E-state index in [1.165, 1.54) is 0 Å². The number of benzene rings is 1. The first-order valence-electron chi connectivity index (χ1n) is 11.1. The van der Waals surface area contributed by atoms with Crippen LogP contribution in [-0.4, -0.2) is 17.7 Å². The number of carbonyl (C=O) groups is 2.